The van der Waals surface area contributed by atoms with Crippen LogP contribution in [0.25, 0.3) is 0 Å². The first-order chi connectivity index (χ1) is 6.33. The smallest absolute Gasteiger partial charge is 0.200 e. The van der Waals surface area contributed by atoms with Gasteiger partial charge in [0.15, 0.2) is 15.8 Å². The molecule has 2 N–H and O–H groups in total. The van der Waals surface area contributed by atoms with Crippen molar-refractivity contribution in [1.82, 2.24) is 9.55 Å². The Morgan fingerprint density at radius 3 is 2.50 bits per heavy atom. The SMILES string of the molecule is CC(C)S(=O)(=O)Cc1cn(C)c(N)n1. The number of anilines is 1. The van der Waals surface area contributed by atoms with Crippen LogP contribution in [0, 0.1) is 0 Å². The molecule has 0 amide bonds. The summed E-state index contributed by atoms with van der Waals surface area (Å²) in [7, 11) is -1.36. The Labute approximate surface area is 83.9 Å². The molecule has 1 aromatic heterocycles. The molecule has 1 rings (SSSR count). The minimum absolute atomic E-state index is 0.0459. The van der Waals surface area contributed by atoms with Gasteiger partial charge < -0.3 is 10.3 Å². The lowest BCUT2D eigenvalue weighted by molar-refractivity contribution is 0.586. The lowest BCUT2D eigenvalue weighted by atomic mass is 10.5. The molecule has 6 heteroatoms. The number of nitrogen functional groups attached to an aromatic ring is 1. The van der Waals surface area contributed by atoms with Crippen LogP contribution in [0.15, 0.2) is 6.20 Å². The molecule has 0 bridgehead atoms. The van der Waals surface area contributed by atoms with Crippen molar-refractivity contribution in [3.63, 3.8) is 0 Å². The molecule has 0 spiro atoms. The first-order valence-electron chi connectivity index (χ1n) is 4.32. The molecule has 1 aromatic rings. The maximum absolute atomic E-state index is 11.5. The largest absolute Gasteiger partial charge is 0.369 e. The van der Waals surface area contributed by atoms with Crippen LogP contribution in [0.1, 0.15) is 19.5 Å². The summed E-state index contributed by atoms with van der Waals surface area (Å²) in [5.74, 6) is 0.286. The second kappa shape index (κ2) is 3.61. The molecule has 80 valence electrons. The van der Waals surface area contributed by atoms with E-state index in [-0.39, 0.29) is 11.0 Å². The molecule has 0 aliphatic carbocycles. The number of rotatable bonds is 3. The van der Waals surface area contributed by atoms with Gasteiger partial charge in [0.25, 0.3) is 0 Å². The molecular weight excluding hydrogens is 202 g/mol. The lowest BCUT2D eigenvalue weighted by Gasteiger charge is -2.04. The van der Waals surface area contributed by atoms with E-state index in [1.54, 1.807) is 31.7 Å². The van der Waals surface area contributed by atoms with Crippen LogP contribution in [0.4, 0.5) is 5.95 Å². The van der Waals surface area contributed by atoms with Crippen molar-refractivity contribution in [1.29, 1.82) is 0 Å². The van der Waals surface area contributed by atoms with Gasteiger partial charge in [-0.25, -0.2) is 13.4 Å². The Hall–Kier alpha value is -1.04. The van der Waals surface area contributed by atoms with E-state index in [0.29, 0.717) is 11.6 Å². The topological polar surface area (TPSA) is 78.0 Å². The predicted molar refractivity (Wildman–Crippen MR) is 55.4 cm³/mol. The normalized spacial score (nSPS) is 12.3. The summed E-state index contributed by atoms with van der Waals surface area (Å²) in [5.41, 5.74) is 5.99. The number of hydrogen-bond donors (Lipinski definition) is 1. The third kappa shape index (κ3) is 2.25. The Bertz CT molecular complexity index is 400. The van der Waals surface area contributed by atoms with Gasteiger partial charge in [-0.05, 0) is 13.8 Å². The second-order valence-electron chi connectivity index (χ2n) is 3.56. The summed E-state index contributed by atoms with van der Waals surface area (Å²) in [4.78, 5) is 3.94. The van der Waals surface area contributed by atoms with E-state index in [0.717, 1.165) is 0 Å². The van der Waals surface area contributed by atoms with Crippen molar-refractivity contribution in [2.45, 2.75) is 24.9 Å². The van der Waals surface area contributed by atoms with E-state index in [1.807, 2.05) is 0 Å². The average molecular weight is 217 g/mol. The fourth-order valence-corrected chi connectivity index (χ4v) is 1.87. The monoisotopic (exact) mass is 217 g/mol. The van der Waals surface area contributed by atoms with Crippen LogP contribution < -0.4 is 5.73 Å². The molecule has 0 radical (unpaired) electrons. The van der Waals surface area contributed by atoms with Gasteiger partial charge in [0.2, 0.25) is 0 Å². The second-order valence-corrected chi connectivity index (χ2v) is 6.11. The fraction of sp³-hybridized carbons (Fsp3) is 0.625. The van der Waals surface area contributed by atoms with E-state index >= 15 is 0 Å². The number of nitrogens with two attached hydrogens (primary N) is 1. The van der Waals surface area contributed by atoms with Gasteiger partial charge in [-0.1, -0.05) is 0 Å². The zero-order valence-corrected chi connectivity index (χ0v) is 9.37. The maximum atomic E-state index is 11.5. The Morgan fingerprint density at radius 1 is 1.57 bits per heavy atom. The van der Waals surface area contributed by atoms with Crippen molar-refractivity contribution in [2.24, 2.45) is 7.05 Å². The number of imidazole rings is 1. The highest BCUT2D eigenvalue weighted by Crippen LogP contribution is 2.11. The molecule has 5 nitrogen and oxygen atoms in total. The quantitative estimate of drug-likeness (QED) is 0.791. The Kier molecular flexibility index (Phi) is 2.84. The van der Waals surface area contributed by atoms with Crippen molar-refractivity contribution >= 4 is 15.8 Å². The van der Waals surface area contributed by atoms with E-state index in [2.05, 4.69) is 4.98 Å². The van der Waals surface area contributed by atoms with Gasteiger partial charge in [-0.2, -0.15) is 0 Å². The molecule has 14 heavy (non-hydrogen) atoms. The van der Waals surface area contributed by atoms with Crippen LogP contribution in [0.3, 0.4) is 0 Å². The van der Waals surface area contributed by atoms with Crippen LogP contribution >= 0.6 is 0 Å². The van der Waals surface area contributed by atoms with E-state index in [1.165, 1.54) is 0 Å². The standard InChI is InChI=1S/C8H15N3O2S/c1-6(2)14(12,13)5-7-4-11(3)8(9)10-7/h4,6H,5H2,1-3H3,(H2,9,10). The summed E-state index contributed by atoms with van der Waals surface area (Å²) >= 11 is 0. The molecule has 0 unspecified atom stereocenters. The minimum Gasteiger partial charge on any atom is -0.369 e. The molecule has 0 fully saturated rings. The molecule has 0 saturated carbocycles. The first kappa shape index (κ1) is 11.0. The Balaban J connectivity index is 2.90. The fourth-order valence-electron chi connectivity index (χ4n) is 0.987. The predicted octanol–water partition coefficient (Wildman–Crippen LogP) is 0.326. The molecule has 0 aliphatic heterocycles. The number of nitrogens with zero attached hydrogens (tertiary/aromatic N) is 2. The van der Waals surface area contributed by atoms with Gasteiger partial charge in [0, 0.05) is 13.2 Å². The number of hydrogen-bond acceptors (Lipinski definition) is 4. The van der Waals surface area contributed by atoms with Gasteiger partial charge >= 0.3 is 0 Å². The number of sulfone groups is 1. The van der Waals surface area contributed by atoms with Crippen LogP contribution in [-0.4, -0.2) is 23.2 Å². The molecule has 1 heterocycles. The van der Waals surface area contributed by atoms with Crippen molar-refractivity contribution in [3.05, 3.63) is 11.9 Å². The minimum atomic E-state index is -3.09. The van der Waals surface area contributed by atoms with Gasteiger partial charge in [0.1, 0.15) is 0 Å². The zero-order valence-electron chi connectivity index (χ0n) is 8.56. The summed E-state index contributed by atoms with van der Waals surface area (Å²) in [5, 5.41) is -0.384. The molecule has 0 atom stereocenters. The highest BCUT2D eigenvalue weighted by molar-refractivity contribution is 7.91. The van der Waals surface area contributed by atoms with Gasteiger partial charge in [-0.15, -0.1) is 0 Å². The summed E-state index contributed by atoms with van der Waals surface area (Å²) < 4.78 is 24.7. The highest BCUT2D eigenvalue weighted by atomic mass is 32.2. The summed E-state index contributed by atoms with van der Waals surface area (Å²) in [6, 6.07) is 0. The van der Waals surface area contributed by atoms with Crippen LogP contribution in [-0.2, 0) is 22.6 Å². The van der Waals surface area contributed by atoms with E-state index in [9.17, 15) is 8.42 Å². The molecule has 0 aliphatic rings. The van der Waals surface area contributed by atoms with Crippen molar-refractivity contribution in [3.8, 4) is 0 Å². The van der Waals surface area contributed by atoms with E-state index in [4.69, 9.17) is 5.73 Å². The van der Waals surface area contributed by atoms with Crippen molar-refractivity contribution in [2.75, 3.05) is 5.73 Å². The van der Waals surface area contributed by atoms with Crippen LogP contribution in [0.2, 0.25) is 0 Å². The third-order valence-corrected chi connectivity index (χ3v) is 4.16. The van der Waals surface area contributed by atoms with Gasteiger partial charge in [0.05, 0.1) is 16.7 Å². The van der Waals surface area contributed by atoms with Crippen molar-refractivity contribution < 1.29 is 8.42 Å². The average Bonchev–Trinajstić information content (AvgIpc) is 2.29. The summed E-state index contributed by atoms with van der Waals surface area (Å²) in [6.45, 7) is 3.31. The highest BCUT2D eigenvalue weighted by Gasteiger charge is 2.18. The molecule has 0 aromatic carbocycles. The Morgan fingerprint density at radius 2 is 2.14 bits per heavy atom. The lowest BCUT2D eigenvalue weighted by Crippen LogP contribution is -2.16. The van der Waals surface area contributed by atoms with E-state index < -0.39 is 9.84 Å². The zero-order chi connectivity index (χ0) is 10.9. The first-order valence-corrected chi connectivity index (χ1v) is 6.03. The molecule has 0 saturated heterocycles. The number of aryl methyl sites for hydroxylation is 1. The maximum Gasteiger partial charge on any atom is 0.200 e. The third-order valence-electron chi connectivity index (χ3n) is 2.03. The molecular formula is C8H15N3O2S. The van der Waals surface area contributed by atoms with Crippen LogP contribution in [0.5, 0.6) is 0 Å². The van der Waals surface area contributed by atoms with Gasteiger partial charge in [-0.3, -0.25) is 0 Å². The summed E-state index contributed by atoms with van der Waals surface area (Å²) in [6.07, 6.45) is 1.63. The number of aromatic nitrogens is 2.